The summed E-state index contributed by atoms with van der Waals surface area (Å²) in [6.45, 7) is 0. The molecule has 0 radical (unpaired) electrons. The molecule has 0 aromatic heterocycles. The maximum Gasteiger partial charge on any atom is 0.270 e. The Bertz CT molecular complexity index is 557. The zero-order chi connectivity index (χ0) is 13.7. The zero-order valence-corrected chi connectivity index (χ0v) is 9.79. The maximum absolute atomic E-state index is 10.7. The van der Waals surface area contributed by atoms with Crippen LogP contribution in [-0.2, 0) is 0 Å². The van der Waals surface area contributed by atoms with Gasteiger partial charge in [-0.3, -0.25) is 15.5 Å². The fourth-order valence-corrected chi connectivity index (χ4v) is 1.33. The molecule has 0 fully saturated rings. The second-order valence-electron chi connectivity index (χ2n) is 3.35. The third-order valence-corrected chi connectivity index (χ3v) is 2.18. The number of hydrogen-bond donors (Lipinski definition) is 1. The standard InChI is InChI=1S/C9H9N7O3/c1-19-8-3-2-7(16(17)18)4-6(8)5-10-11-9-12-14-15-13-9/h2-5,9,11H,1H3. The first-order valence-electron chi connectivity index (χ1n) is 5.11. The van der Waals surface area contributed by atoms with Crippen LogP contribution in [0.5, 0.6) is 5.75 Å². The molecule has 1 aromatic rings. The summed E-state index contributed by atoms with van der Waals surface area (Å²) in [4.78, 5) is 10.2. The summed E-state index contributed by atoms with van der Waals surface area (Å²) in [5.74, 6) is 0.464. The first kappa shape index (κ1) is 12.5. The van der Waals surface area contributed by atoms with Crippen LogP contribution >= 0.6 is 0 Å². The first-order valence-corrected chi connectivity index (χ1v) is 5.11. The maximum atomic E-state index is 10.7. The van der Waals surface area contributed by atoms with Crippen LogP contribution in [0.4, 0.5) is 5.69 Å². The van der Waals surface area contributed by atoms with Gasteiger partial charge in [-0.05, 0) is 16.5 Å². The highest BCUT2D eigenvalue weighted by Crippen LogP contribution is 2.22. The van der Waals surface area contributed by atoms with Crippen molar-refractivity contribution < 1.29 is 9.66 Å². The monoisotopic (exact) mass is 263 g/mol. The fraction of sp³-hybridized carbons (Fsp3) is 0.222. The quantitative estimate of drug-likeness (QED) is 0.492. The van der Waals surface area contributed by atoms with Gasteiger partial charge in [-0.15, -0.1) is 10.2 Å². The normalized spacial score (nSPS) is 14.2. The number of methoxy groups -OCH3 is 1. The molecule has 0 amide bonds. The van der Waals surface area contributed by atoms with E-state index in [1.165, 1.54) is 31.5 Å². The van der Waals surface area contributed by atoms with Crippen molar-refractivity contribution >= 4 is 11.9 Å². The van der Waals surface area contributed by atoms with E-state index in [0.717, 1.165) is 0 Å². The lowest BCUT2D eigenvalue weighted by Gasteiger charge is -2.04. The molecule has 0 aliphatic carbocycles. The Morgan fingerprint density at radius 2 is 2.21 bits per heavy atom. The summed E-state index contributed by atoms with van der Waals surface area (Å²) >= 11 is 0. The van der Waals surface area contributed by atoms with Crippen molar-refractivity contribution in [2.24, 2.45) is 25.8 Å². The summed E-state index contributed by atoms with van der Waals surface area (Å²) in [7, 11) is 1.46. The van der Waals surface area contributed by atoms with Crippen molar-refractivity contribution in [2.75, 3.05) is 7.11 Å². The van der Waals surface area contributed by atoms with E-state index in [1.54, 1.807) is 0 Å². The Kier molecular flexibility index (Phi) is 3.71. The number of rotatable bonds is 5. The second kappa shape index (κ2) is 5.62. The highest BCUT2D eigenvalue weighted by atomic mass is 16.6. The van der Waals surface area contributed by atoms with E-state index in [2.05, 4.69) is 31.2 Å². The van der Waals surface area contributed by atoms with Crippen molar-refractivity contribution in [1.82, 2.24) is 5.43 Å². The van der Waals surface area contributed by atoms with Gasteiger partial charge in [0.2, 0.25) is 0 Å². The number of nitrogens with zero attached hydrogens (tertiary/aromatic N) is 6. The lowest BCUT2D eigenvalue weighted by atomic mass is 10.2. The van der Waals surface area contributed by atoms with Gasteiger partial charge >= 0.3 is 0 Å². The van der Waals surface area contributed by atoms with E-state index >= 15 is 0 Å². The van der Waals surface area contributed by atoms with Gasteiger partial charge in [-0.1, -0.05) is 0 Å². The van der Waals surface area contributed by atoms with Gasteiger partial charge < -0.3 is 4.74 Å². The highest BCUT2D eigenvalue weighted by molar-refractivity contribution is 5.84. The largest absolute Gasteiger partial charge is 0.496 e. The molecular weight excluding hydrogens is 254 g/mol. The number of nitrogens with one attached hydrogen (secondary N) is 1. The van der Waals surface area contributed by atoms with Gasteiger partial charge in [0.05, 0.1) is 18.2 Å². The molecule has 19 heavy (non-hydrogen) atoms. The smallest absolute Gasteiger partial charge is 0.270 e. The van der Waals surface area contributed by atoms with E-state index in [-0.39, 0.29) is 5.69 Å². The molecule has 1 aliphatic heterocycles. The van der Waals surface area contributed by atoms with Crippen LogP contribution in [0.25, 0.3) is 0 Å². The van der Waals surface area contributed by atoms with Gasteiger partial charge in [0.1, 0.15) is 5.75 Å². The van der Waals surface area contributed by atoms with Gasteiger partial charge in [-0.2, -0.15) is 5.10 Å². The third-order valence-electron chi connectivity index (χ3n) is 2.18. The Hall–Kier alpha value is -2.91. The number of non-ortho nitro benzene ring substituents is 1. The Morgan fingerprint density at radius 1 is 1.47 bits per heavy atom. The molecule has 0 saturated carbocycles. The number of ether oxygens (including phenoxy) is 1. The molecule has 1 N–H and O–H groups in total. The first-order chi connectivity index (χ1) is 9.20. The lowest BCUT2D eigenvalue weighted by Crippen LogP contribution is -2.17. The summed E-state index contributed by atoms with van der Waals surface area (Å²) in [5.41, 5.74) is 2.95. The van der Waals surface area contributed by atoms with E-state index in [4.69, 9.17) is 4.74 Å². The van der Waals surface area contributed by atoms with E-state index in [0.29, 0.717) is 11.3 Å². The Morgan fingerprint density at radius 3 is 2.84 bits per heavy atom. The van der Waals surface area contributed by atoms with E-state index in [1.807, 2.05) is 0 Å². The van der Waals surface area contributed by atoms with Gasteiger partial charge in [0.25, 0.3) is 12.0 Å². The van der Waals surface area contributed by atoms with Crippen molar-refractivity contribution in [3.63, 3.8) is 0 Å². The van der Waals surface area contributed by atoms with Gasteiger partial charge in [0, 0.05) is 17.7 Å². The van der Waals surface area contributed by atoms with Crippen molar-refractivity contribution in [3.8, 4) is 5.75 Å². The number of nitro groups is 1. The fourth-order valence-electron chi connectivity index (χ4n) is 1.33. The summed E-state index contributed by atoms with van der Waals surface area (Å²) in [6, 6.07) is 4.19. The molecule has 0 bridgehead atoms. The van der Waals surface area contributed by atoms with E-state index < -0.39 is 11.2 Å². The summed E-state index contributed by atoms with van der Waals surface area (Å²) in [6.07, 6.45) is 0.704. The molecule has 1 heterocycles. The molecule has 0 atom stereocenters. The molecule has 0 unspecified atom stereocenters. The van der Waals surface area contributed by atoms with Crippen molar-refractivity contribution in [3.05, 3.63) is 33.9 Å². The van der Waals surface area contributed by atoms with Gasteiger partial charge in [-0.25, -0.2) is 0 Å². The topological polar surface area (TPSA) is 126 Å². The van der Waals surface area contributed by atoms with Crippen LogP contribution in [0, 0.1) is 10.1 Å². The van der Waals surface area contributed by atoms with Crippen molar-refractivity contribution in [2.45, 2.75) is 6.29 Å². The van der Waals surface area contributed by atoms with Crippen LogP contribution in [-0.4, -0.2) is 24.5 Å². The van der Waals surface area contributed by atoms with Crippen LogP contribution < -0.4 is 10.2 Å². The molecule has 0 saturated heterocycles. The molecule has 10 nitrogen and oxygen atoms in total. The predicted octanol–water partition coefficient (Wildman–Crippen LogP) is 1.64. The zero-order valence-electron chi connectivity index (χ0n) is 9.79. The number of nitro benzene ring substituents is 1. The number of hydrogen-bond acceptors (Lipinski definition) is 9. The van der Waals surface area contributed by atoms with E-state index in [9.17, 15) is 10.1 Å². The summed E-state index contributed by atoms with van der Waals surface area (Å²) < 4.78 is 5.08. The minimum atomic E-state index is -0.666. The molecule has 0 spiro atoms. The van der Waals surface area contributed by atoms with Crippen LogP contribution in [0.1, 0.15) is 5.56 Å². The molecule has 98 valence electrons. The number of hydrazone groups is 1. The van der Waals surface area contributed by atoms with Crippen LogP contribution in [0.15, 0.2) is 44.0 Å². The molecule has 2 rings (SSSR count). The lowest BCUT2D eigenvalue weighted by molar-refractivity contribution is -0.384. The predicted molar refractivity (Wildman–Crippen MR) is 63.9 cm³/mol. The minimum absolute atomic E-state index is 0.0532. The van der Waals surface area contributed by atoms with Gasteiger partial charge in [0.15, 0.2) is 0 Å². The Balaban J connectivity index is 2.14. The molecule has 1 aliphatic rings. The molecular formula is C9H9N7O3. The van der Waals surface area contributed by atoms with Crippen LogP contribution in [0.3, 0.4) is 0 Å². The van der Waals surface area contributed by atoms with Crippen LogP contribution in [0.2, 0.25) is 0 Å². The highest BCUT2D eigenvalue weighted by Gasteiger charge is 2.10. The minimum Gasteiger partial charge on any atom is -0.496 e. The summed E-state index contributed by atoms with van der Waals surface area (Å²) in [5, 5.41) is 28.3. The molecule has 10 heteroatoms. The third kappa shape index (κ3) is 3.06. The SMILES string of the molecule is COc1ccc([N+](=O)[O-])cc1C=NNC1N=NN=N1. The van der Waals surface area contributed by atoms with Crippen molar-refractivity contribution in [1.29, 1.82) is 0 Å². The number of benzene rings is 1. The molecule has 1 aromatic carbocycles. The average molecular weight is 263 g/mol. The average Bonchev–Trinajstić information content (AvgIpc) is 2.91. The Labute approximate surface area is 107 Å². The second-order valence-corrected chi connectivity index (χ2v) is 3.35.